The van der Waals surface area contributed by atoms with Crippen molar-refractivity contribution < 1.29 is 14.3 Å². The Labute approximate surface area is 148 Å². The van der Waals surface area contributed by atoms with Crippen LogP contribution in [0.15, 0.2) is 18.5 Å². The number of anilines is 1. The van der Waals surface area contributed by atoms with E-state index < -0.39 is 0 Å². The van der Waals surface area contributed by atoms with E-state index >= 15 is 0 Å². The molecule has 0 bridgehead atoms. The third kappa shape index (κ3) is 4.38. The number of nitrogens with zero attached hydrogens (tertiary/aromatic N) is 4. The Kier molecular flexibility index (Phi) is 6.04. The van der Waals surface area contributed by atoms with Crippen molar-refractivity contribution in [3.8, 4) is 0 Å². The van der Waals surface area contributed by atoms with Gasteiger partial charge in [0.25, 0.3) is 0 Å². The number of carbonyl (C=O) groups excluding carboxylic acids is 1. The summed E-state index contributed by atoms with van der Waals surface area (Å²) in [6.45, 7) is 2.87. The molecular formula is C17H27N5O3. The number of methoxy groups -OCH3 is 1. The Morgan fingerprint density at radius 1 is 1.24 bits per heavy atom. The first-order valence-corrected chi connectivity index (χ1v) is 8.92. The van der Waals surface area contributed by atoms with E-state index in [4.69, 9.17) is 15.2 Å². The van der Waals surface area contributed by atoms with Crippen LogP contribution in [-0.2, 0) is 9.47 Å². The lowest BCUT2D eigenvalue weighted by molar-refractivity contribution is -0.0164. The molecule has 0 unspecified atom stereocenters. The van der Waals surface area contributed by atoms with Gasteiger partial charge in [0, 0.05) is 38.1 Å². The van der Waals surface area contributed by atoms with Crippen LogP contribution in [0.4, 0.5) is 10.7 Å². The average Bonchev–Trinajstić information content (AvgIpc) is 2.67. The Morgan fingerprint density at radius 2 is 1.96 bits per heavy atom. The fourth-order valence-electron chi connectivity index (χ4n) is 3.56. The molecule has 2 aliphatic rings. The Balaban J connectivity index is 1.49. The second-order valence-corrected chi connectivity index (χ2v) is 6.61. The number of hydrogen-bond acceptors (Lipinski definition) is 7. The highest BCUT2D eigenvalue weighted by Gasteiger charge is 2.34. The maximum absolute atomic E-state index is 11.9. The first-order valence-electron chi connectivity index (χ1n) is 8.92. The van der Waals surface area contributed by atoms with Gasteiger partial charge in [0.15, 0.2) is 0 Å². The van der Waals surface area contributed by atoms with Crippen molar-refractivity contribution in [2.45, 2.75) is 43.9 Å². The number of hydrogen-bond donors (Lipinski definition) is 1. The van der Waals surface area contributed by atoms with Crippen LogP contribution in [0.2, 0.25) is 0 Å². The zero-order valence-electron chi connectivity index (χ0n) is 14.7. The molecule has 3 rings (SSSR count). The fraction of sp³-hybridized carbons (Fsp3) is 0.706. The monoisotopic (exact) mass is 349 g/mol. The van der Waals surface area contributed by atoms with Crippen LogP contribution in [0.5, 0.6) is 0 Å². The summed E-state index contributed by atoms with van der Waals surface area (Å²) in [5.74, 6) is 0.770. The van der Waals surface area contributed by atoms with Crippen LogP contribution in [0, 0.1) is 0 Å². The number of rotatable bonds is 4. The Morgan fingerprint density at radius 3 is 2.64 bits per heavy atom. The third-order valence-electron chi connectivity index (χ3n) is 5.02. The zero-order valence-corrected chi connectivity index (χ0v) is 14.7. The number of aromatic nitrogens is 2. The molecule has 8 nitrogen and oxygen atoms in total. The van der Waals surface area contributed by atoms with E-state index in [1.54, 1.807) is 17.3 Å². The number of likely N-dealkylation sites (tertiary alicyclic amines) is 1. The molecule has 0 aromatic carbocycles. The number of carbonyl (C=O) groups is 1. The fourth-order valence-corrected chi connectivity index (χ4v) is 3.56. The topological polar surface area (TPSA) is 93.8 Å². The van der Waals surface area contributed by atoms with E-state index in [2.05, 4.69) is 14.9 Å². The Hall–Kier alpha value is -1.93. The lowest BCUT2D eigenvalue weighted by atomic mass is 9.98. The average molecular weight is 349 g/mol. The van der Waals surface area contributed by atoms with Gasteiger partial charge in [-0.3, -0.25) is 0 Å². The molecule has 25 heavy (non-hydrogen) atoms. The molecule has 2 fully saturated rings. The van der Waals surface area contributed by atoms with Gasteiger partial charge in [-0.1, -0.05) is 0 Å². The standard InChI is InChI=1S/C17H27N5O3/c1-24-17(23)22-9-2-4-14(18)15(22)12-25-13-5-10-21(11-6-13)16-19-7-3-8-20-16/h3,7-8,13-15H,2,4-6,9-12,18H2,1H3/t14-,15-/m0/s1. The van der Waals surface area contributed by atoms with E-state index in [1.807, 2.05) is 6.07 Å². The largest absolute Gasteiger partial charge is 0.453 e. The third-order valence-corrected chi connectivity index (χ3v) is 5.02. The highest BCUT2D eigenvalue weighted by molar-refractivity contribution is 5.68. The normalized spacial score (nSPS) is 25.0. The highest BCUT2D eigenvalue weighted by atomic mass is 16.5. The van der Waals surface area contributed by atoms with E-state index in [9.17, 15) is 4.79 Å². The Bertz CT molecular complexity index is 550. The summed E-state index contributed by atoms with van der Waals surface area (Å²) >= 11 is 0. The van der Waals surface area contributed by atoms with Crippen molar-refractivity contribution in [1.29, 1.82) is 0 Å². The first kappa shape index (κ1) is 17.9. The van der Waals surface area contributed by atoms with Crippen molar-refractivity contribution in [1.82, 2.24) is 14.9 Å². The minimum atomic E-state index is -0.320. The van der Waals surface area contributed by atoms with Crippen molar-refractivity contribution in [3.63, 3.8) is 0 Å². The summed E-state index contributed by atoms with van der Waals surface area (Å²) in [5.41, 5.74) is 6.22. The van der Waals surface area contributed by atoms with Gasteiger partial charge in [-0.05, 0) is 31.7 Å². The highest BCUT2D eigenvalue weighted by Crippen LogP contribution is 2.21. The quantitative estimate of drug-likeness (QED) is 0.867. The number of amides is 1. The SMILES string of the molecule is COC(=O)N1CCC[C@H](N)[C@@H]1COC1CCN(c2ncccn2)CC1. The van der Waals surface area contributed by atoms with Crippen LogP contribution in [0.25, 0.3) is 0 Å². The molecule has 0 spiro atoms. The molecule has 8 heteroatoms. The molecule has 1 amide bonds. The summed E-state index contributed by atoms with van der Waals surface area (Å²) < 4.78 is 11.0. The van der Waals surface area contributed by atoms with E-state index in [0.29, 0.717) is 13.2 Å². The van der Waals surface area contributed by atoms with Crippen LogP contribution >= 0.6 is 0 Å². The smallest absolute Gasteiger partial charge is 0.409 e. The lowest BCUT2D eigenvalue weighted by Crippen LogP contribution is -2.56. The van der Waals surface area contributed by atoms with E-state index in [0.717, 1.165) is 44.7 Å². The predicted molar refractivity (Wildman–Crippen MR) is 93.3 cm³/mol. The molecule has 0 radical (unpaired) electrons. The van der Waals surface area contributed by atoms with Crippen LogP contribution in [0.1, 0.15) is 25.7 Å². The van der Waals surface area contributed by atoms with Gasteiger partial charge in [0.1, 0.15) is 0 Å². The van der Waals surface area contributed by atoms with Crippen molar-refractivity contribution in [3.05, 3.63) is 18.5 Å². The number of ether oxygens (including phenoxy) is 2. The van der Waals surface area contributed by atoms with Gasteiger partial charge in [-0.15, -0.1) is 0 Å². The van der Waals surface area contributed by atoms with E-state index in [1.165, 1.54) is 7.11 Å². The molecule has 2 aliphatic heterocycles. The minimum absolute atomic E-state index is 0.0642. The molecule has 1 aromatic rings. The summed E-state index contributed by atoms with van der Waals surface area (Å²) in [7, 11) is 1.40. The summed E-state index contributed by atoms with van der Waals surface area (Å²) in [6, 6.07) is 1.64. The zero-order chi connectivity index (χ0) is 17.6. The second-order valence-electron chi connectivity index (χ2n) is 6.61. The van der Waals surface area contributed by atoms with Crippen molar-refractivity contribution in [2.24, 2.45) is 5.73 Å². The van der Waals surface area contributed by atoms with Crippen molar-refractivity contribution in [2.75, 3.05) is 38.3 Å². The first-order chi connectivity index (χ1) is 12.2. The minimum Gasteiger partial charge on any atom is -0.453 e. The van der Waals surface area contributed by atoms with Crippen LogP contribution in [-0.4, -0.2) is 72.5 Å². The maximum atomic E-state index is 11.9. The lowest BCUT2D eigenvalue weighted by Gasteiger charge is -2.40. The van der Waals surface area contributed by atoms with Gasteiger partial charge in [0.05, 0.1) is 25.9 Å². The van der Waals surface area contributed by atoms with Gasteiger partial charge in [-0.25, -0.2) is 14.8 Å². The maximum Gasteiger partial charge on any atom is 0.409 e. The van der Waals surface area contributed by atoms with Crippen LogP contribution < -0.4 is 10.6 Å². The van der Waals surface area contributed by atoms with Gasteiger partial charge < -0.3 is 25.0 Å². The molecule has 2 N–H and O–H groups in total. The summed E-state index contributed by atoms with van der Waals surface area (Å²) in [5, 5.41) is 0. The van der Waals surface area contributed by atoms with Crippen molar-refractivity contribution >= 4 is 12.0 Å². The molecule has 1 aromatic heterocycles. The van der Waals surface area contributed by atoms with Crippen LogP contribution in [0.3, 0.4) is 0 Å². The molecule has 3 heterocycles. The van der Waals surface area contributed by atoms with Gasteiger partial charge in [-0.2, -0.15) is 0 Å². The predicted octanol–water partition coefficient (Wildman–Crippen LogP) is 1.02. The summed E-state index contributed by atoms with van der Waals surface area (Å²) in [4.78, 5) is 24.4. The number of nitrogens with two attached hydrogens (primary N) is 1. The summed E-state index contributed by atoms with van der Waals surface area (Å²) in [6.07, 6.45) is 7.02. The molecule has 0 saturated carbocycles. The van der Waals surface area contributed by atoms with Gasteiger partial charge >= 0.3 is 6.09 Å². The molecule has 2 saturated heterocycles. The number of piperidine rings is 2. The molecule has 2 atom stereocenters. The van der Waals surface area contributed by atoms with E-state index in [-0.39, 0.29) is 24.3 Å². The molecule has 0 aliphatic carbocycles. The molecule has 138 valence electrons. The second kappa shape index (κ2) is 8.44. The molecular weight excluding hydrogens is 322 g/mol. The van der Waals surface area contributed by atoms with Gasteiger partial charge in [0.2, 0.25) is 5.95 Å².